The van der Waals surface area contributed by atoms with Crippen LogP contribution in [0.2, 0.25) is 0 Å². The summed E-state index contributed by atoms with van der Waals surface area (Å²) in [4.78, 5) is 23.3. The lowest BCUT2D eigenvalue weighted by Gasteiger charge is -2.24. The van der Waals surface area contributed by atoms with E-state index in [1.165, 1.54) is 6.07 Å². The zero-order chi connectivity index (χ0) is 19.0. The van der Waals surface area contributed by atoms with Crippen LogP contribution in [-0.2, 0) is 0 Å². The number of carbonyl (C=O) groups is 1. The van der Waals surface area contributed by atoms with Crippen LogP contribution in [0.1, 0.15) is 47.8 Å². The molecule has 1 aliphatic rings. The molecule has 7 nitrogen and oxygen atoms in total. The summed E-state index contributed by atoms with van der Waals surface area (Å²) in [6.07, 6.45) is 4.77. The molecule has 1 unspecified atom stereocenters. The fourth-order valence-electron chi connectivity index (χ4n) is 3.24. The Labute approximate surface area is 156 Å². The second-order valence-electron chi connectivity index (χ2n) is 6.90. The van der Waals surface area contributed by atoms with Crippen molar-refractivity contribution in [2.45, 2.75) is 31.9 Å². The van der Waals surface area contributed by atoms with Gasteiger partial charge in [0.05, 0.1) is 24.5 Å². The van der Waals surface area contributed by atoms with Crippen molar-refractivity contribution in [3.8, 4) is 5.75 Å². The monoisotopic (exact) mass is 366 g/mol. The lowest BCUT2D eigenvalue weighted by Crippen LogP contribution is -2.34. The zero-order valence-electron chi connectivity index (χ0n) is 15.1. The molecule has 2 aromatic heterocycles. The van der Waals surface area contributed by atoms with Gasteiger partial charge in [-0.3, -0.25) is 4.79 Å². The molecule has 140 valence electrons. The summed E-state index contributed by atoms with van der Waals surface area (Å²) < 4.78 is 2.06. The first-order chi connectivity index (χ1) is 13.1. The Morgan fingerprint density at radius 2 is 2.15 bits per heavy atom. The third-order valence-electron chi connectivity index (χ3n) is 4.92. The van der Waals surface area contributed by atoms with Crippen LogP contribution in [0, 0.1) is 0 Å². The number of phenols is 1. The third kappa shape index (κ3) is 3.50. The lowest BCUT2D eigenvalue weighted by molar-refractivity contribution is 0.0634. The molecule has 2 N–H and O–H groups in total. The Kier molecular flexibility index (Phi) is 4.53. The highest BCUT2D eigenvalue weighted by molar-refractivity contribution is 5.96. The first kappa shape index (κ1) is 17.5. The van der Waals surface area contributed by atoms with Gasteiger partial charge in [0.15, 0.2) is 5.65 Å². The molecule has 27 heavy (non-hydrogen) atoms. The maximum atomic E-state index is 12.9. The summed E-state index contributed by atoms with van der Waals surface area (Å²) in [5.74, 6) is -0.117. The number of carbonyl (C=O) groups excluding carboxylic acids is 1. The molecule has 0 bridgehead atoms. The zero-order valence-corrected chi connectivity index (χ0v) is 15.1. The van der Waals surface area contributed by atoms with Crippen LogP contribution in [0.15, 0.2) is 42.9 Å². The second kappa shape index (κ2) is 7.00. The van der Waals surface area contributed by atoms with Gasteiger partial charge in [-0.05, 0) is 43.5 Å². The van der Waals surface area contributed by atoms with Crippen molar-refractivity contribution in [3.05, 3.63) is 54.0 Å². The molecule has 3 aromatic rings. The first-order valence-corrected chi connectivity index (χ1v) is 9.15. The highest BCUT2D eigenvalue weighted by Gasteiger charge is 2.26. The maximum absolute atomic E-state index is 12.9. The largest absolute Gasteiger partial charge is 0.508 e. The topological polar surface area (TPSA) is 91.5 Å². The smallest absolute Gasteiger partial charge is 0.255 e. The van der Waals surface area contributed by atoms with Crippen LogP contribution in [0.25, 0.3) is 11.2 Å². The van der Waals surface area contributed by atoms with E-state index >= 15 is 0 Å². The van der Waals surface area contributed by atoms with E-state index in [4.69, 9.17) is 0 Å². The molecule has 1 saturated carbocycles. The Morgan fingerprint density at radius 1 is 1.33 bits per heavy atom. The molecule has 1 aromatic carbocycles. The molecular formula is C20H22N4O3. The number of benzene rings is 1. The number of aliphatic hydroxyl groups is 1. The number of aromatic hydroxyl groups is 1. The number of aliphatic hydroxyl groups excluding tert-OH is 1. The minimum Gasteiger partial charge on any atom is -0.508 e. The van der Waals surface area contributed by atoms with Crippen LogP contribution < -0.4 is 0 Å². The first-order valence-electron chi connectivity index (χ1n) is 9.15. The van der Waals surface area contributed by atoms with Gasteiger partial charge in [0.2, 0.25) is 0 Å². The number of rotatable bonds is 6. The summed E-state index contributed by atoms with van der Waals surface area (Å²) in [5, 5.41) is 20.0. The fourth-order valence-corrected chi connectivity index (χ4v) is 3.24. The van der Waals surface area contributed by atoms with Gasteiger partial charge in [-0.15, -0.1) is 0 Å². The Hall–Kier alpha value is -2.93. The molecule has 1 fully saturated rings. The van der Waals surface area contributed by atoms with Crippen molar-refractivity contribution in [2.75, 3.05) is 13.1 Å². The van der Waals surface area contributed by atoms with Crippen LogP contribution >= 0.6 is 0 Å². The van der Waals surface area contributed by atoms with Crippen molar-refractivity contribution in [1.29, 1.82) is 0 Å². The number of fused-ring (bicyclic) bond motifs is 1. The van der Waals surface area contributed by atoms with Crippen molar-refractivity contribution in [1.82, 2.24) is 19.4 Å². The average molecular weight is 366 g/mol. The SMILES string of the molecule is CCN(CC(O)c1cccc(O)c1)C(=O)c1cnc2c(c1)ncn2C1CC1. The molecule has 0 saturated heterocycles. The number of amides is 1. The maximum Gasteiger partial charge on any atom is 0.255 e. The van der Waals surface area contributed by atoms with E-state index in [1.54, 1.807) is 41.7 Å². The molecule has 1 aliphatic carbocycles. The quantitative estimate of drug-likeness (QED) is 0.700. The number of phenolic OH excluding ortho intramolecular Hbond substituents is 1. The molecule has 1 amide bonds. The van der Waals surface area contributed by atoms with Gasteiger partial charge in [-0.25, -0.2) is 9.97 Å². The standard InChI is InChI=1S/C20H22N4O3/c1-2-23(11-18(26)13-4-3-5-16(25)8-13)20(27)14-9-17-19(21-10-14)24(12-22-17)15-6-7-15/h3-5,8-10,12,15,18,25-26H,2,6-7,11H2,1H3. The fraction of sp³-hybridized carbons (Fsp3) is 0.350. The van der Waals surface area contributed by atoms with E-state index < -0.39 is 6.10 Å². The van der Waals surface area contributed by atoms with Crippen molar-refractivity contribution < 1.29 is 15.0 Å². The lowest BCUT2D eigenvalue weighted by atomic mass is 10.1. The summed E-state index contributed by atoms with van der Waals surface area (Å²) in [7, 11) is 0. The van der Waals surface area contributed by atoms with Crippen LogP contribution in [0.5, 0.6) is 5.75 Å². The second-order valence-corrected chi connectivity index (χ2v) is 6.90. The minimum atomic E-state index is -0.883. The molecule has 1 atom stereocenters. The van der Waals surface area contributed by atoms with Crippen LogP contribution in [0.4, 0.5) is 0 Å². The van der Waals surface area contributed by atoms with Gasteiger partial charge in [-0.1, -0.05) is 12.1 Å². The van der Waals surface area contributed by atoms with E-state index in [2.05, 4.69) is 14.5 Å². The number of pyridine rings is 1. The van der Waals surface area contributed by atoms with Crippen molar-refractivity contribution in [3.63, 3.8) is 0 Å². The van der Waals surface area contributed by atoms with E-state index in [-0.39, 0.29) is 18.2 Å². The molecule has 7 heteroatoms. The van der Waals surface area contributed by atoms with Gasteiger partial charge >= 0.3 is 0 Å². The summed E-state index contributed by atoms with van der Waals surface area (Å²) in [6.45, 7) is 2.44. The molecule has 4 rings (SSSR count). The predicted octanol–water partition coefficient (Wildman–Crippen LogP) is 2.67. The molecule has 0 spiro atoms. The van der Waals surface area contributed by atoms with Crippen LogP contribution in [-0.4, -0.2) is 48.6 Å². The number of aromatic nitrogens is 3. The van der Waals surface area contributed by atoms with Gasteiger partial charge < -0.3 is 19.7 Å². The number of hydrogen-bond acceptors (Lipinski definition) is 5. The number of likely N-dealkylation sites (N-methyl/N-ethyl adjacent to an activating group) is 1. The number of nitrogens with zero attached hydrogens (tertiary/aromatic N) is 4. The molecule has 0 radical (unpaired) electrons. The average Bonchev–Trinajstić information content (AvgIpc) is 3.44. The van der Waals surface area contributed by atoms with E-state index in [1.807, 2.05) is 6.92 Å². The molecule has 0 aliphatic heterocycles. The Balaban J connectivity index is 1.53. The summed E-state index contributed by atoms with van der Waals surface area (Å²) in [5.41, 5.74) is 2.53. The molecule has 2 heterocycles. The molecular weight excluding hydrogens is 344 g/mol. The van der Waals surface area contributed by atoms with Gasteiger partial charge in [0.1, 0.15) is 11.3 Å². The number of hydrogen-bond donors (Lipinski definition) is 2. The Bertz CT molecular complexity index is 980. The van der Waals surface area contributed by atoms with Gasteiger partial charge in [0.25, 0.3) is 5.91 Å². The minimum absolute atomic E-state index is 0.0850. The van der Waals surface area contributed by atoms with Crippen LogP contribution in [0.3, 0.4) is 0 Å². The van der Waals surface area contributed by atoms with Gasteiger partial charge in [-0.2, -0.15) is 0 Å². The predicted molar refractivity (Wildman–Crippen MR) is 100 cm³/mol. The number of imidazole rings is 1. The van der Waals surface area contributed by atoms with Crippen molar-refractivity contribution in [2.24, 2.45) is 0 Å². The van der Waals surface area contributed by atoms with E-state index in [0.29, 0.717) is 29.2 Å². The van der Waals surface area contributed by atoms with Gasteiger partial charge in [0, 0.05) is 18.8 Å². The Morgan fingerprint density at radius 3 is 2.85 bits per heavy atom. The normalized spacial score (nSPS) is 15.0. The third-order valence-corrected chi connectivity index (χ3v) is 4.92. The van der Waals surface area contributed by atoms with E-state index in [9.17, 15) is 15.0 Å². The highest BCUT2D eigenvalue weighted by atomic mass is 16.3. The summed E-state index contributed by atoms with van der Waals surface area (Å²) in [6, 6.07) is 8.67. The van der Waals surface area contributed by atoms with Crippen molar-refractivity contribution >= 4 is 17.1 Å². The van der Waals surface area contributed by atoms with E-state index in [0.717, 1.165) is 18.5 Å². The highest BCUT2D eigenvalue weighted by Crippen LogP contribution is 2.36. The summed E-state index contributed by atoms with van der Waals surface area (Å²) >= 11 is 0.